The molecule has 2 aromatic rings. The van der Waals surface area contributed by atoms with E-state index in [1.807, 2.05) is 29.2 Å². The maximum atomic E-state index is 12.9. The van der Waals surface area contributed by atoms with Crippen molar-refractivity contribution in [1.29, 1.82) is 0 Å². The molecule has 0 spiro atoms. The van der Waals surface area contributed by atoms with Crippen molar-refractivity contribution in [1.82, 2.24) is 4.90 Å². The summed E-state index contributed by atoms with van der Waals surface area (Å²) in [4.78, 5) is 27.0. The molecular formula is C25H32N2O3. The van der Waals surface area contributed by atoms with E-state index < -0.39 is 0 Å². The van der Waals surface area contributed by atoms with Crippen molar-refractivity contribution < 1.29 is 14.0 Å². The van der Waals surface area contributed by atoms with Crippen LogP contribution >= 0.6 is 0 Å². The second-order valence-electron chi connectivity index (χ2n) is 8.64. The summed E-state index contributed by atoms with van der Waals surface area (Å²) in [6, 6.07) is 9.86. The Bertz CT molecular complexity index is 896. The maximum absolute atomic E-state index is 12.9. The average molecular weight is 409 g/mol. The highest BCUT2D eigenvalue weighted by atomic mass is 16.3. The Morgan fingerprint density at radius 3 is 2.80 bits per heavy atom. The van der Waals surface area contributed by atoms with E-state index in [0.717, 1.165) is 67.0 Å². The Balaban J connectivity index is 1.44. The lowest BCUT2D eigenvalue weighted by molar-refractivity contribution is -0.137. The molecule has 0 unspecified atom stereocenters. The summed E-state index contributed by atoms with van der Waals surface area (Å²) >= 11 is 0. The number of hydrogen-bond acceptors (Lipinski definition) is 3. The Labute approximate surface area is 178 Å². The number of amides is 2. The largest absolute Gasteiger partial charge is 0.461 e. The summed E-state index contributed by atoms with van der Waals surface area (Å²) in [6.07, 6.45) is 8.90. The van der Waals surface area contributed by atoms with Crippen LogP contribution in [0, 0.1) is 5.92 Å². The number of carbonyl (C=O) groups is 2. The topological polar surface area (TPSA) is 62.6 Å². The van der Waals surface area contributed by atoms with Crippen LogP contribution in [0.3, 0.4) is 0 Å². The van der Waals surface area contributed by atoms with Gasteiger partial charge in [-0.15, -0.1) is 0 Å². The number of nitrogens with one attached hydrogen (secondary N) is 1. The van der Waals surface area contributed by atoms with Crippen LogP contribution in [0.5, 0.6) is 0 Å². The molecule has 1 aromatic heterocycles. The summed E-state index contributed by atoms with van der Waals surface area (Å²) in [7, 11) is 0. The minimum atomic E-state index is 0.0459. The first-order valence-electron chi connectivity index (χ1n) is 11.4. The molecule has 2 amide bonds. The zero-order valence-electron chi connectivity index (χ0n) is 17.9. The van der Waals surface area contributed by atoms with E-state index in [9.17, 15) is 9.59 Å². The second-order valence-corrected chi connectivity index (χ2v) is 8.64. The highest BCUT2D eigenvalue weighted by molar-refractivity contribution is 5.91. The van der Waals surface area contributed by atoms with Gasteiger partial charge in [0.25, 0.3) is 0 Å². The summed E-state index contributed by atoms with van der Waals surface area (Å²) in [5, 5.41) is 2.97. The number of nitrogens with zero attached hydrogens (tertiary/aromatic N) is 1. The maximum Gasteiger partial charge on any atom is 0.225 e. The second kappa shape index (κ2) is 9.50. The molecule has 5 heteroatoms. The molecule has 30 heavy (non-hydrogen) atoms. The molecule has 1 saturated carbocycles. The highest BCUT2D eigenvalue weighted by Crippen LogP contribution is 2.32. The third-order valence-electron chi connectivity index (χ3n) is 6.32. The fourth-order valence-corrected chi connectivity index (χ4v) is 4.58. The smallest absolute Gasteiger partial charge is 0.225 e. The van der Waals surface area contributed by atoms with Crippen LogP contribution in [0.2, 0.25) is 0 Å². The van der Waals surface area contributed by atoms with Gasteiger partial charge in [-0.2, -0.15) is 0 Å². The lowest BCUT2D eigenvalue weighted by Gasteiger charge is -2.31. The van der Waals surface area contributed by atoms with E-state index >= 15 is 0 Å². The van der Waals surface area contributed by atoms with Gasteiger partial charge in [0, 0.05) is 48.7 Å². The van der Waals surface area contributed by atoms with Crippen molar-refractivity contribution in [3.8, 4) is 11.3 Å². The van der Waals surface area contributed by atoms with Crippen LogP contribution in [-0.4, -0.2) is 23.3 Å². The summed E-state index contributed by atoms with van der Waals surface area (Å²) in [5.74, 6) is 2.36. The van der Waals surface area contributed by atoms with Crippen molar-refractivity contribution >= 4 is 17.5 Å². The fraction of sp³-hybridized carbons (Fsp3) is 0.520. The lowest BCUT2D eigenvalue weighted by Crippen LogP contribution is -2.40. The monoisotopic (exact) mass is 408 g/mol. The number of anilines is 1. The van der Waals surface area contributed by atoms with E-state index in [-0.39, 0.29) is 11.8 Å². The molecule has 0 saturated heterocycles. The molecule has 4 rings (SSSR count). The van der Waals surface area contributed by atoms with Crippen molar-refractivity contribution in [2.24, 2.45) is 5.92 Å². The molecule has 2 heterocycles. The van der Waals surface area contributed by atoms with Crippen molar-refractivity contribution in [2.75, 3.05) is 11.9 Å². The zero-order valence-corrected chi connectivity index (χ0v) is 17.9. The first kappa shape index (κ1) is 20.7. The van der Waals surface area contributed by atoms with Crippen LogP contribution in [0.1, 0.15) is 69.6 Å². The Morgan fingerprint density at radius 2 is 2.00 bits per heavy atom. The van der Waals surface area contributed by atoms with E-state index in [1.54, 1.807) is 0 Å². The molecular weight excluding hydrogens is 376 g/mol. The SMILES string of the molecule is CCCCC(=O)Nc1cccc(-c2cc3c(o2)CCN(C(=O)C2CCCCC2)C3)c1. The minimum absolute atomic E-state index is 0.0459. The van der Waals surface area contributed by atoms with Gasteiger partial charge in [-0.05, 0) is 37.5 Å². The Morgan fingerprint density at radius 1 is 1.17 bits per heavy atom. The summed E-state index contributed by atoms with van der Waals surface area (Å²) < 4.78 is 6.14. The van der Waals surface area contributed by atoms with Crippen molar-refractivity contribution in [3.05, 3.63) is 41.7 Å². The minimum Gasteiger partial charge on any atom is -0.461 e. The number of carbonyl (C=O) groups excluding carboxylic acids is 2. The molecule has 0 atom stereocenters. The number of furan rings is 1. The van der Waals surface area contributed by atoms with Crippen LogP contribution in [0.4, 0.5) is 5.69 Å². The molecule has 1 aliphatic carbocycles. The predicted octanol–water partition coefficient (Wildman–Crippen LogP) is 5.54. The normalized spacial score (nSPS) is 16.9. The molecule has 2 aliphatic rings. The average Bonchev–Trinajstić information content (AvgIpc) is 3.21. The van der Waals surface area contributed by atoms with Gasteiger partial charge in [-0.1, -0.05) is 44.7 Å². The predicted molar refractivity (Wildman–Crippen MR) is 118 cm³/mol. The van der Waals surface area contributed by atoms with E-state index in [2.05, 4.69) is 18.3 Å². The van der Waals surface area contributed by atoms with Gasteiger partial charge >= 0.3 is 0 Å². The van der Waals surface area contributed by atoms with Gasteiger partial charge in [0.1, 0.15) is 11.5 Å². The van der Waals surface area contributed by atoms with Crippen LogP contribution in [-0.2, 0) is 22.6 Å². The molecule has 1 N–H and O–H groups in total. The van der Waals surface area contributed by atoms with E-state index in [4.69, 9.17) is 4.42 Å². The molecule has 1 aromatic carbocycles. The molecule has 0 radical (unpaired) electrons. The quantitative estimate of drug-likeness (QED) is 0.682. The third kappa shape index (κ3) is 4.77. The van der Waals surface area contributed by atoms with Crippen LogP contribution in [0.15, 0.2) is 34.7 Å². The van der Waals surface area contributed by atoms with Crippen molar-refractivity contribution in [2.45, 2.75) is 71.3 Å². The highest BCUT2D eigenvalue weighted by Gasteiger charge is 2.30. The molecule has 160 valence electrons. The standard InChI is InChI=1S/C25H32N2O3/c1-2-3-12-24(28)26-21-11-7-10-19(15-21)23-16-20-17-27(14-13-22(20)30-23)25(29)18-8-5-4-6-9-18/h7,10-11,15-16,18H,2-6,8-9,12-14,17H2,1H3,(H,26,28). The van der Waals surface area contributed by atoms with Gasteiger partial charge in [0.2, 0.25) is 11.8 Å². The first-order chi connectivity index (χ1) is 14.6. The number of benzene rings is 1. The summed E-state index contributed by atoms with van der Waals surface area (Å²) in [6.45, 7) is 3.46. The summed E-state index contributed by atoms with van der Waals surface area (Å²) in [5.41, 5.74) is 2.85. The lowest BCUT2D eigenvalue weighted by atomic mass is 9.88. The fourth-order valence-electron chi connectivity index (χ4n) is 4.58. The van der Waals surface area contributed by atoms with Gasteiger partial charge in [-0.25, -0.2) is 0 Å². The van der Waals surface area contributed by atoms with Crippen LogP contribution < -0.4 is 5.32 Å². The van der Waals surface area contributed by atoms with E-state index in [1.165, 1.54) is 19.3 Å². The van der Waals surface area contributed by atoms with Gasteiger partial charge in [0.15, 0.2) is 0 Å². The van der Waals surface area contributed by atoms with Crippen molar-refractivity contribution in [3.63, 3.8) is 0 Å². The van der Waals surface area contributed by atoms with Gasteiger partial charge < -0.3 is 14.6 Å². The number of unbranched alkanes of at least 4 members (excludes halogenated alkanes) is 1. The molecule has 5 nitrogen and oxygen atoms in total. The number of rotatable bonds is 6. The molecule has 1 fully saturated rings. The van der Waals surface area contributed by atoms with Crippen LogP contribution in [0.25, 0.3) is 11.3 Å². The number of fused-ring (bicyclic) bond motifs is 1. The van der Waals surface area contributed by atoms with Gasteiger partial charge in [-0.3, -0.25) is 9.59 Å². The Hall–Kier alpha value is -2.56. The van der Waals surface area contributed by atoms with E-state index in [0.29, 0.717) is 18.9 Å². The molecule has 0 bridgehead atoms. The van der Waals surface area contributed by atoms with Gasteiger partial charge in [0.05, 0.1) is 0 Å². The first-order valence-corrected chi connectivity index (χ1v) is 11.4. The number of hydrogen-bond donors (Lipinski definition) is 1. The molecule has 1 aliphatic heterocycles. The third-order valence-corrected chi connectivity index (χ3v) is 6.32. The zero-order chi connectivity index (χ0) is 20.9. The Kier molecular flexibility index (Phi) is 6.56.